The quantitative estimate of drug-likeness (QED) is 0.683. The number of amides is 2. The molecule has 1 aliphatic rings. The minimum Gasteiger partial charge on any atom is -0.493 e. The molecular weight excluding hydrogens is 406 g/mol. The number of ether oxygens (including phenoxy) is 2. The summed E-state index contributed by atoms with van der Waals surface area (Å²) in [6.45, 7) is 3.26. The first-order valence-corrected chi connectivity index (χ1v) is 10.1. The third-order valence-electron chi connectivity index (χ3n) is 4.75. The molecule has 3 rings (SSSR count). The summed E-state index contributed by atoms with van der Waals surface area (Å²) in [5.41, 5.74) is 2.65. The van der Waals surface area contributed by atoms with Crippen LogP contribution >= 0.6 is 11.6 Å². The van der Waals surface area contributed by atoms with Crippen LogP contribution in [0, 0.1) is 0 Å². The maximum Gasteiger partial charge on any atom is 0.317 e. The standard InChI is InChI=1S/C22H26ClN3O4/c1-4-24-22(27)26(13-15-6-5-7-17(23)10-15)14-18-12-19(25-30-18)16-8-9-20(28-2)21(11-16)29-3/h5-11,18H,4,12-14H2,1-3H3,(H,24,27)/t18-/m0/s1. The van der Waals surface area contributed by atoms with E-state index >= 15 is 0 Å². The monoisotopic (exact) mass is 431 g/mol. The Morgan fingerprint density at radius 1 is 1.23 bits per heavy atom. The van der Waals surface area contributed by atoms with Gasteiger partial charge in [0.2, 0.25) is 0 Å². The number of carbonyl (C=O) groups excluding carboxylic acids is 1. The van der Waals surface area contributed by atoms with E-state index < -0.39 is 0 Å². The van der Waals surface area contributed by atoms with Crippen molar-refractivity contribution in [1.29, 1.82) is 0 Å². The zero-order chi connectivity index (χ0) is 21.5. The normalized spacial score (nSPS) is 15.2. The van der Waals surface area contributed by atoms with Gasteiger partial charge in [0.1, 0.15) is 0 Å². The largest absolute Gasteiger partial charge is 0.493 e. The van der Waals surface area contributed by atoms with Crippen LogP contribution in [0.25, 0.3) is 0 Å². The maximum atomic E-state index is 12.6. The van der Waals surface area contributed by atoms with Crippen LogP contribution in [0.15, 0.2) is 47.6 Å². The van der Waals surface area contributed by atoms with Crippen molar-refractivity contribution in [3.8, 4) is 11.5 Å². The Balaban J connectivity index is 1.68. The summed E-state index contributed by atoms with van der Waals surface area (Å²) in [6, 6.07) is 13.0. The predicted molar refractivity (Wildman–Crippen MR) is 117 cm³/mol. The summed E-state index contributed by atoms with van der Waals surface area (Å²) in [7, 11) is 3.19. The van der Waals surface area contributed by atoms with Crippen LogP contribution in [-0.4, -0.2) is 50.1 Å². The first kappa shape index (κ1) is 21.8. The lowest BCUT2D eigenvalue weighted by molar-refractivity contribution is 0.0590. The smallest absolute Gasteiger partial charge is 0.317 e. The summed E-state index contributed by atoms with van der Waals surface area (Å²) >= 11 is 6.09. The van der Waals surface area contributed by atoms with Gasteiger partial charge in [-0.25, -0.2) is 4.79 Å². The lowest BCUT2D eigenvalue weighted by Crippen LogP contribution is -2.43. The minimum absolute atomic E-state index is 0.152. The van der Waals surface area contributed by atoms with Gasteiger partial charge in [-0.3, -0.25) is 0 Å². The molecule has 0 saturated carbocycles. The highest BCUT2D eigenvalue weighted by Crippen LogP contribution is 2.29. The number of carbonyl (C=O) groups is 1. The molecule has 1 atom stereocenters. The number of nitrogens with zero attached hydrogens (tertiary/aromatic N) is 2. The van der Waals surface area contributed by atoms with E-state index in [0.717, 1.165) is 16.8 Å². The molecule has 160 valence electrons. The van der Waals surface area contributed by atoms with E-state index in [1.807, 2.05) is 49.4 Å². The Morgan fingerprint density at radius 2 is 2.03 bits per heavy atom. The molecule has 0 saturated heterocycles. The van der Waals surface area contributed by atoms with E-state index in [1.165, 1.54) is 0 Å². The van der Waals surface area contributed by atoms with E-state index in [1.54, 1.807) is 19.1 Å². The van der Waals surface area contributed by atoms with Gasteiger partial charge in [-0.15, -0.1) is 0 Å². The van der Waals surface area contributed by atoms with Gasteiger partial charge < -0.3 is 24.5 Å². The lowest BCUT2D eigenvalue weighted by atomic mass is 10.0. The number of methoxy groups -OCH3 is 2. The summed E-state index contributed by atoms with van der Waals surface area (Å²) in [5, 5.41) is 7.73. The Labute approximate surface area is 181 Å². The molecule has 0 aromatic heterocycles. The van der Waals surface area contributed by atoms with E-state index in [0.29, 0.717) is 42.6 Å². The van der Waals surface area contributed by atoms with Crippen molar-refractivity contribution in [2.75, 3.05) is 27.3 Å². The fourth-order valence-corrected chi connectivity index (χ4v) is 3.51. The highest BCUT2D eigenvalue weighted by molar-refractivity contribution is 6.30. The van der Waals surface area contributed by atoms with E-state index in [2.05, 4.69) is 10.5 Å². The molecular formula is C22H26ClN3O4. The number of rotatable bonds is 8. The van der Waals surface area contributed by atoms with Gasteiger partial charge in [0.05, 0.1) is 26.5 Å². The third-order valence-corrected chi connectivity index (χ3v) is 4.99. The fraction of sp³-hybridized carbons (Fsp3) is 0.364. The molecule has 1 aliphatic heterocycles. The van der Waals surface area contributed by atoms with Crippen LogP contribution in [0.3, 0.4) is 0 Å². The number of urea groups is 1. The Bertz CT molecular complexity index is 919. The number of benzene rings is 2. The van der Waals surface area contributed by atoms with Gasteiger partial charge in [-0.05, 0) is 42.8 Å². The summed E-state index contributed by atoms with van der Waals surface area (Å²) in [6.07, 6.45) is 0.343. The van der Waals surface area contributed by atoms with Crippen LogP contribution in [0.5, 0.6) is 11.5 Å². The molecule has 2 aromatic rings. The van der Waals surface area contributed by atoms with Gasteiger partial charge in [0.25, 0.3) is 0 Å². The average molecular weight is 432 g/mol. The van der Waals surface area contributed by atoms with Gasteiger partial charge >= 0.3 is 6.03 Å². The average Bonchev–Trinajstić information content (AvgIpc) is 3.21. The number of halogens is 1. The molecule has 0 fully saturated rings. The highest BCUT2D eigenvalue weighted by Gasteiger charge is 2.27. The number of nitrogens with one attached hydrogen (secondary N) is 1. The molecule has 7 nitrogen and oxygen atoms in total. The van der Waals surface area contributed by atoms with Gasteiger partial charge in [0, 0.05) is 30.1 Å². The van der Waals surface area contributed by atoms with E-state index in [4.69, 9.17) is 25.9 Å². The number of oxime groups is 1. The SMILES string of the molecule is CCNC(=O)N(Cc1cccc(Cl)c1)C[C@@H]1CC(c2ccc(OC)c(OC)c2)=NO1. The molecule has 8 heteroatoms. The Hall–Kier alpha value is -2.93. The van der Waals surface area contributed by atoms with Crippen LogP contribution in [-0.2, 0) is 11.4 Å². The van der Waals surface area contributed by atoms with Gasteiger partial charge in [-0.2, -0.15) is 0 Å². The first-order chi connectivity index (χ1) is 14.5. The van der Waals surface area contributed by atoms with Crippen molar-refractivity contribution >= 4 is 23.3 Å². The molecule has 1 N–H and O–H groups in total. The highest BCUT2D eigenvalue weighted by atomic mass is 35.5. The van der Waals surface area contributed by atoms with Crippen molar-refractivity contribution in [2.24, 2.45) is 5.16 Å². The molecule has 0 aliphatic carbocycles. The number of hydrogen-bond donors (Lipinski definition) is 1. The summed E-state index contributed by atoms with van der Waals surface area (Å²) in [4.78, 5) is 19.9. The minimum atomic E-state index is -0.241. The lowest BCUT2D eigenvalue weighted by Gasteiger charge is -2.25. The maximum absolute atomic E-state index is 12.6. The molecule has 2 amide bonds. The second-order valence-electron chi connectivity index (χ2n) is 6.89. The van der Waals surface area contributed by atoms with Crippen LogP contribution in [0.1, 0.15) is 24.5 Å². The summed E-state index contributed by atoms with van der Waals surface area (Å²) in [5.74, 6) is 1.28. The van der Waals surface area contributed by atoms with Crippen molar-refractivity contribution in [1.82, 2.24) is 10.2 Å². The summed E-state index contributed by atoms with van der Waals surface area (Å²) < 4.78 is 10.7. The molecule has 0 spiro atoms. The van der Waals surface area contributed by atoms with Crippen molar-refractivity contribution in [2.45, 2.75) is 26.0 Å². The molecule has 1 heterocycles. The fourth-order valence-electron chi connectivity index (χ4n) is 3.30. The molecule has 0 bridgehead atoms. The molecule has 30 heavy (non-hydrogen) atoms. The van der Waals surface area contributed by atoms with Crippen molar-refractivity contribution in [3.63, 3.8) is 0 Å². The Kier molecular flexibility index (Phi) is 7.41. The molecule has 2 aromatic carbocycles. The van der Waals surface area contributed by atoms with Gasteiger partial charge in [0.15, 0.2) is 17.6 Å². The van der Waals surface area contributed by atoms with Crippen LogP contribution < -0.4 is 14.8 Å². The second kappa shape index (κ2) is 10.2. The van der Waals surface area contributed by atoms with Gasteiger partial charge in [-0.1, -0.05) is 28.9 Å². The van der Waals surface area contributed by atoms with Crippen LogP contribution in [0.2, 0.25) is 5.02 Å². The zero-order valence-corrected chi connectivity index (χ0v) is 18.1. The second-order valence-corrected chi connectivity index (χ2v) is 7.32. The molecule has 0 unspecified atom stereocenters. The predicted octanol–water partition coefficient (Wildman–Crippen LogP) is 4.08. The Morgan fingerprint density at radius 3 is 2.73 bits per heavy atom. The topological polar surface area (TPSA) is 72.4 Å². The molecule has 0 radical (unpaired) electrons. The first-order valence-electron chi connectivity index (χ1n) is 9.76. The third kappa shape index (κ3) is 5.36. The van der Waals surface area contributed by atoms with Crippen LogP contribution in [0.4, 0.5) is 4.79 Å². The van der Waals surface area contributed by atoms with E-state index in [9.17, 15) is 4.79 Å². The van der Waals surface area contributed by atoms with Crippen molar-refractivity contribution in [3.05, 3.63) is 58.6 Å². The van der Waals surface area contributed by atoms with Crippen molar-refractivity contribution < 1.29 is 19.1 Å². The number of hydrogen-bond acceptors (Lipinski definition) is 5. The zero-order valence-electron chi connectivity index (χ0n) is 17.4. The van der Waals surface area contributed by atoms with E-state index in [-0.39, 0.29) is 12.1 Å².